The minimum atomic E-state index is -0.316. The van der Waals surface area contributed by atoms with Crippen LogP contribution in [0.15, 0.2) is 0 Å². The van der Waals surface area contributed by atoms with Crippen molar-refractivity contribution in [1.82, 2.24) is 0 Å². The van der Waals surface area contributed by atoms with E-state index in [0.29, 0.717) is 6.42 Å². The summed E-state index contributed by atoms with van der Waals surface area (Å²) in [7, 11) is 1.42. The van der Waals surface area contributed by atoms with Crippen molar-refractivity contribution in [1.29, 1.82) is 0 Å². The van der Waals surface area contributed by atoms with E-state index in [4.69, 9.17) is 6.42 Å². The fourth-order valence-electron chi connectivity index (χ4n) is 1.47. The molecule has 0 atom stereocenters. The second kappa shape index (κ2) is 2.96. The van der Waals surface area contributed by atoms with E-state index < -0.39 is 0 Å². The second-order valence-corrected chi connectivity index (χ2v) is 3.01. The Labute approximate surface area is 66.9 Å². The number of hydrogen-bond donors (Lipinski definition) is 0. The molecular weight excluding hydrogens is 140 g/mol. The van der Waals surface area contributed by atoms with Crippen molar-refractivity contribution < 1.29 is 9.53 Å². The molecule has 60 valence electrons. The van der Waals surface area contributed by atoms with Crippen molar-refractivity contribution in [2.75, 3.05) is 7.11 Å². The van der Waals surface area contributed by atoms with E-state index in [-0.39, 0.29) is 11.4 Å². The van der Waals surface area contributed by atoms with Crippen LogP contribution >= 0.6 is 0 Å². The minimum Gasteiger partial charge on any atom is -0.469 e. The molecule has 0 saturated heterocycles. The molecule has 1 fully saturated rings. The predicted molar refractivity (Wildman–Crippen MR) is 41.8 cm³/mol. The molecule has 0 aromatic heterocycles. The van der Waals surface area contributed by atoms with E-state index in [1.165, 1.54) is 7.11 Å². The van der Waals surface area contributed by atoms with Crippen LogP contribution in [0.4, 0.5) is 0 Å². The van der Waals surface area contributed by atoms with Crippen LogP contribution in [0.2, 0.25) is 0 Å². The van der Waals surface area contributed by atoms with Gasteiger partial charge in [0.05, 0.1) is 12.5 Å². The van der Waals surface area contributed by atoms with Crippen LogP contribution in [0.5, 0.6) is 0 Å². The van der Waals surface area contributed by atoms with E-state index in [1.807, 2.05) is 0 Å². The monoisotopic (exact) mass is 152 g/mol. The minimum absolute atomic E-state index is 0.137. The van der Waals surface area contributed by atoms with Gasteiger partial charge in [0.25, 0.3) is 0 Å². The van der Waals surface area contributed by atoms with E-state index >= 15 is 0 Å². The summed E-state index contributed by atoms with van der Waals surface area (Å²) in [4.78, 5) is 11.2. The molecule has 1 rings (SSSR count). The van der Waals surface area contributed by atoms with E-state index in [0.717, 1.165) is 19.3 Å². The topological polar surface area (TPSA) is 26.3 Å². The molecule has 2 heteroatoms. The lowest BCUT2D eigenvalue weighted by molar-refractivity contribution is -0.157. The fraction of sp³-hybridized carbons (Fsp3) is 0.667. The molecule has 11 heavy (non-hydrogen) atoms. The quantitative estimate of drug-likeness (QED) is 0.441. The molecule has 0 heterocycles. The van der Waals surface area contributed by atoms with Gasteiger partial charge in [0, 0.05) is 6.42 Å². The average Bonchev–Trinajstić information content (AvgIpc) is 1.95. The van der Waals surface area contributed by atoms with Crippen LogP contribution in [0.3, 0.4) is 0 Å². The Hall–Kier alpha value is -0.970. The summed E-state index contributed by atoms with van der Waals surface area (Å²) in [6.45, 7) is 0. The molecule has 0 aliphatic heterocycles. The van der Waals surface area contributed by atoms with Crippen molar-refractivity contribution in [2.24, 2.45) is 5.41 Å². The number of methoxy groups -OCH3 is 1. The highest BCUT2D eigenvalue weighted by molar-refractivity contribution is 5.78. The van der Waals surface area contributed by atoms with Gasteiger partial charge in [0.15, 0.2) is 0 Å². The Morgan fingerprint density at radius 2 is 2.36 bits per heavy atom. The Balaban J connectivity index is 2.61. The predicted octanol–water partition coefficient (Wildman–Crippen LogP) is 1.35. The second-order valence-electron chi connectivity index (χ2n) is 3.01. The van der Waals surface area contributed by atoms with Crippen molar-refractivity contribution in [3.63, 3.8) is 0 Å². The molecular formula is C9H12O2. The molecule has 0 aromatic rings. The van der Waals surface area contributed by atoms with Gasteiger partial charge >= 0.3 is 5.97 Å². The summed E-state index contributed by atoms with van der Waals surface area (Å²) in [5.41, 5.74) is -0.316. The first-order valence-electron chi connectivity index (χ1n) is 3.77. The third kappa shape index (κ3) is 1.23. The van der Waals surface area contributed by atoms with E-state index in [9.17, 15) is 4.79 Å². The molecule has 1 saturated carbocycles. The van der Waals surface area contributed by atoms with Crippen molar-refractivity contribution in [2.45, 2.75) is 25.7 Å². The lowest BCUT2D eigenvalue weighted by Crippen LogP contribution is -2.38. The maximum Gasteiger partial charge on any atom is 0.312 e. The molecule has 0 aromatic carbocycles. The number of carbonyl (C=O) groups is 1. The zero-order chi connectivity index (χ0) is 8.32. The number of terminal acetylenes is 1. The average molecular weight is 152 g/mol. The van der Waals surface area contributed by atoms with Crippen molar-refractivity contribution in [3.8, 4) is 12.3 Å². The summed E-state index contributed by atoms with van der Waals surface area (Å²) in [6, 6.07) is 0. The van der Waals surface area contributed by atoms with Gasteiger partial charge in [-0.25, -0.2) is 0 Å². The number of rotatable bonds is 2. The molecule has 0 unspecified atom stereocenters. The first-order valence-corrected chi connectivity index (χ1v) is 3.77. The van der Waals surface area contributed by atoms with Crippen LogP contribution < -0.4 is 0 Å². The van der Waals surface area contributed by atoms with Gasteiger partial charge in [-0.15, -0.1) is 12.3 Å². The third-order valence-corrected chi connectivity index (χ3v) is 2.37. The summed E-state index contributed by atoms with van der Waals surface area (Å²) >= 11 is 0. The van der Waals surface area contributed by atoms with Gasteiger partial charge in [-0.1, -0.05) is 6.42 Å². The largest absolute Gasteiger partial charge is 0.469 e. The highest BCUT2D eigenvalue weighted by Crippen LogP contribution is 2.44. The van der Waals surface area contributed by atoms with E-state index in [1.54, 1.807) is 0 Å². The number of hydrogen-bond acceptors (Lipinski definition) is 2. The van der Waals surface area contributed by atoms with Crippen molar-refractivity contribution in [3.05, 3.63) is 0 Å². The maximum absolute atomic E-state index is 11.2. The first-order chi connectivity index (χ1) is 5.25. The van der Waals surface area contributed by atoms with Crippen LogP contribution in [0.1, 0.15) is 25.7 Å². The van der Waals surface area contributed by atoms with Gasteiger partial charge in [-0.05, 0) is 12.8 Å². The molecule has 1 aliphatic carbocycles. The van der Waals surface area contributed by atoms with Crippen LogP contribution in [0, 0.1) is 17.8 Å². The van der Waals surface area contributed by atoms with Crippen LogP contribution in [-0.2, 0) is 9.53 Å². The Kier molecular flexibility index (Phi) is 2.19. The molecule has 1 aliphatic rings. The van der Waals surface area contributed by atoms with Gasteiger partial charge in [-0.2, -0.15) is 0 Å². The highest BCUT2D eigenvalue weighted by atomic mass is 16.5. The smallest absolute Gasteiger partial charge is 0.312 e. The zero-order valence-corrected chi connectivity index (χ0v) is 6.72. The highest BCUT2D eigenvalue weighted by Gasteiger charge is 2.44. The van der Waals surface area contributed by atoms with Gasteiger partial charge < -0.3 is 4.74 Å². The van der Waals surface area contributed by atoms with Crippen LogP contribution in [0.25, 0.3) is 0 Å². The zero-order valence-electron chi connectivity index (χ0n) is 6.72. The Bertz CT molecular complexity index is 196. The summed E-state index contributed by atoms with van der Waals surface area (Å²) < 4.78 is 4.68. The fourth-order valence-corrected chi connectivity index (χ4v) is 1.47. The summed E-state index contributed by atoms with van der Waals surface area (Å²) in [5, 5.41) is 0. The van der Waals surface area contributed by atoms with E-state index in [2.05, 4.69) is 10.7 Å². The first kappa shape index (κ1) is 8.13. The number of carbonyl (C=O) groups excluding carboxylic acids is 1. The number of esters is 1. The van der Waals surface area contributed by atoms with Crippen LogP contribution in [-0.4, -0.2) is 13.1 Å². The van der Waals surface area contributed by atoms with Gasteiger partial charge in [-0.3, -0.25) is 4.79 Å². The summed E-state index contributed by atoms with van der Waals surface area (Å²) in [6.07, 6.45) is 8.57. The van der Waals surface area contributed by atoms with Gasteiger partial charge in [0.1, 0.15) is 0 Å². The maximum atomic E-state index is 11.2. The lowest BCUT2D eigenvalue weighted by Gasteiger charge is -2.37. The summed E-state index contributed by atoms with van der Waals surface area (Å²) in [5.74, 6) is 2.39. The molecule has 0 amide bonds. The van der Waals surface area contributed by atoms with Gasteiger partial charge in [0.2, 0.25) is 0 Å². The SMILES string of the molecule is C#CCC1(C(=O)OC)CCC1. The molecule has 2 nitrogen and oxygen atoms in total. The lowest BCUT2D eigenvalue weighted by atomic mass is 9.67. The standard InChI is InChI=1S/C9H12O2/c1-3-5-9(6-4-7-9)8(10)11-2/h1H,4-7H2,2H3. The molecule has 0 spiro atoms. The third-order valence-electron chi connectivity index (χ3n) is 2.37. The Morgan fingerprint density at radius 1 is 1.73 bits per heavy atom. The molecule has 0 radical (unpaired) electrons. The Morgan fingerprint density at radius 3 is 2.64 bits per heavy atom. The van der Waals surface area contributed by atoms with Crippen molar-refractivity contribution >= 4 is 5.97 Å². The normalized spacial score (nSPS) is 19.6. The molecule has 0 N–H and O–H groups in total. The molecule has 0 bridgehead atoms. The number of ether oxygens (including phenoxy) is 1.